The second-order valence-corrected chi connectivity index (χ2v) is 11.0. The summed E-state index contributed by atoms with van der Waals surface area (Å²) in [5, 5.41) is 2.51. The van der Waals surface area contributed by atoms with Gasteiger partial charge in [-0.3, -0.25) is 19.1 Å². The van der Waals surface area contributed by atoms with E-state index < -0.39 is 28.8 Å². The number of fused-ring (bicyclic) bond motifs is 1. The number of thiophene rings is 1. The largest absolute Gasteiger partial charge is 0.453 e. The molecule has 3 aromatic heterocycles. The zero-order valence-corrected chi connectivity index (χ0v) is 22.8. The highest BCUT2D eigenvalue weighted by atomic mass is 32.1. The monoisotopic (exact) mass is 573 g/mol. The summed E-state index contributed by atoms with van der Waals surface area (Å²) < 4.78 is 36.4. The van der Waals surface area contributed by atoms with Crippen molar-refractivity contribution in [3.8, 4) is 17.2 Å². The minimum atomic E-state index is -0.810. The van der Waals surface area contributed by atoms with Crippen LogP contribution in [-0.2, 0) is 0 Å². The van der Waals surface area contributed by atoms with Gasteiger partial charge in [0.1, 0.15) is 11.6 Å². The van der Waals surface area contributed by atoms with Crippen molar-refractivity contribution in [2.75, 3.05) is 25.5 Å². The number of hydrogen-bond donors (Lipinski definition) is 1. The lowest BCUT2D eigenvalue weighted by Crippen LogP contribution is -2.29. The Hall–Kier alpha value is -4.48. The number of likely N-dealkylation sites (tertiary alicyclic amines) is 1. The third kappa shape index (κ3) is 5.59. The van der Waals surface area contributed by atoms with Crippen LogP contribution in [0.2, 0.25) is 0 Å². The maximum atomic E-state index is 15.1. The first-order chi connectivity index (χ1) is 19.9. The van der Waals surface area contributed by atoms with Gasteiger partial charge >= 0.3 is 0 Å². The molecule has 6 rings (SSSR count). The van der Waals surface area contributed by atoms with Crippen LogP contribution >= 0.6 is 11.3 Å². The van der Waals surface area contributed by atoms with Crippen molar-refractivity contribution in [2.45, 2.75) is 18.8 Å². The van der Waals surface area contributed by atoms with Gasteiger partial charge in [0, 0.05) is 47.0 Å². The second kappa shape index (κ2) is 11.2. The molecule has 1 N–H and O–H groups in total. The minimum Gasteiger partial charge on any atom is -0.453 e. The zero-order chi connectivity index (χ0) is 28.5. The van der Waals surface area contributed by atoms with Crippen molar-refractivity contribution in [1.82, 2.24) is 19.4 Å². The summed E-state index contributed by atoms with van der Waals surface area (Å²) in [6.45, 7) is 2.10. The van der Waals surface area contributed by atoms with Crippen molar-refractivity contribution in [3.05, 3.63) is 106 Å². The molecule has 0 atom stereocenters. The van der Waals surface area contributed by atoms with Gasteiger partial charge in [0.05, 0.1) is 10.2 Å². The van der Waals surface area contributed by atoms with Gasteiger partial charge in [0.25, 0.3) is 11.5 Å². The second-order valence-electron chi connectivity index (χ2n) is 9.88. The molecule has 11 heteroatoms. The van der Waals surface area contributed by atoms with Crippen molar-refractivity contribution in [3.63, 3.8) is 0 Å². The van der Waals surface area contributed by atoms with Crippen LogP contribution in [0, 0.1) is 11.6 Å². The van der Waals surface area contributed by atoms with Crippen LogP contribution < -0.4 is 15.6 Å². The predicted octanol–water partition coefficient (Wildman–Crippen LogP) is 5.97. The number of hydrogen-bond acceptors (Lipinski definition) is 7. The van der Waals surface area contributed by atoms with E-state index >= 15 is 4.39 Å². The van der Waals surface area contributed by atoms with Crippen LogP contribution in [-0.4, -0.2) is 45.5 Å². The molecule has 0 radical (unpaired) electrons. The maximum absolute atomic E-state index is 15.1. The molecule has 41 heavy (non-hydrogen) atoms. The lowest BCUT2D eigenvalue weighted by molar-refractivity contribution is 0.102. The first-order valence-corrected chi connectivity index (χ1v) is 13.9. The van der Waals surface area contributed by atoms with Gasteiger partial charge in [0.2, 0.25) is 0 Å². The van der Waals surface area contributed by atoms with E-state index in [9.17, 15) is 14.0 Å². The molecule has 0 aliphatic carbocycles. The Kier molecular flexibility index (Phi) is 7.29. The predicted molar refractivity (Wildman–Crippen MR) is 153 cm³/mol. The first-order valence-electron chi connectivity index (χ1n) is 13.0. The average molecular weight is 574 g/mol. The normalized spacial score (nSPS) is 14.3. The van der Waals surface area contributed by atoms with Crippen molar-refractivity contribution in [1.29, 1.82) is 0 Å². The fourth-order valence-corrected chi connectivity index (χ4v) is 6.09. The van der Waals surface area contributed by atoms with E-state index in [1.165, 1.54) is 58.2 Å². The summed E-state index contributed by atoms with van der Waals surface area (Å²) >= 11 is 1.62. The standard InChI is InChI=1S/C30H25F2N5O3S/c1-36-13-9-18(10-14-36)26-17-23-28(41-26)25(8-11-33-23)40-24-7-4-20(16-22(24)32)35-29(38)27-30(39)37(15-12-34-27)21-5-2-19(31)3-6-21/h2-8,11-12,15-18H,9-10,13-14H2,1H3,(H,35,38). The molecular weight excluding hydrogens is 548 g/mol. The molecule has 0 bridgehead atoms. The Labute approximate surface area is 237 Å². The number of nitrogens with zero attached hydrogens (tertiary/aromatic N) is 4. The smallest absolute Gasteiger partial charge is 0.286 e. The fraction of sp³-hybridized carbons (Fsp3) is 0.200. The van der Waals surface area contributed by atoms with Crippen molar-refractivity contribution in [2.24, 2.45) is 0 Å². The van der Waals surface area contributed by atoms with Crippen LogP contribution in [0.25, 0.3) is 15.9 Å². The van der Waals surface area contributed by atoms with E-state index in [1.54, 1.807) is 23.6 Å². The van der Waals surface area contributed by atoms with Crippen LogP contribution in [0.3, 0.4) is 0 Å². The Morgan fingerprint density at radius 1 is 1.00 bits per heavy atom. The van der Waals surface area contributed by atoms with E-state index in [1.807, 2.05) is 0 Å². The number of benzene rings is 2. The number of nitrogens with one attached hydrogen (secondary N) is 1. The van der Waals surface area contributed by atoms with Gasteiger partial charge in [-0.25, -0.2) is 13.8 Å². The molecule has 8 nitrogen and oxygen atoms in total. The number of carbonyl (C=O) groups excluding carboxylic acids is 1. The van der Waals surface area contributed by atoms with E-state index in [0.29, 0.717) is 17.4 Å². The highest BCUT2D eigenvalue weighted by molar-refractivity contribution is 7.19. The van der Waals surface area contributed by atoms with E-state index in [2.05, 4.69) is 33.3 Å². The van der Waals surface area contributed by atoms with Gasteiger partial charge < -0.3 is 15.0 Å². The molecule has 1 fully saturated rings. The Balaban J connectivity index is 1.19. The van der Waals surface area contributed by atoms with Crippen LogP contribution in [0.4, 0.5) is 14.5 Å². The number of piperidine rings is 1. The molecule has 0 unspecified atom stereocenters. The number of ether oxygens (including phenoxy) is 1. The number of anilines is 1. The molecule has 1 saturated heterocycles. The minimum absolute atomic E-state index is 0.0127. The highest BCUT2D eigenvalue weighted by Gasteiger charge is 2.22. The number of halogens is 2. The van der Waals surface area contributed by atoms with Crippen molar-refractivity contribution >= 4 is 33.1 Å². The number of amides is 1. The Bertz CT molecular complexity index is 1800. The first kappa shape index (κ1) is 26.7. The zero-order valence-electron chi connectivity index (χ0n) is 22.0. The Morgan fingerprint density at radius 3 is 2.54 bits per heavy atom. The van der Waals surface area contributed by atoms with Crippen LogP contribution in [0.5, 0.6) is 11.5 Å². The van der Waals surface area contributed by atoms with Gasteiger partial charge in [0.15, 0.2) is 17.3 Å². The maximum Gasteiger partial charge on any atom is 0.286 e. The number of pyridine rings is 1. The van der Waals surface area contributed by atoms with Gasteiger partial charge in [-0.05, 0) is 81.4 Å². The summed E-state index contributed by atoms with van der Waals surface area (Å²) in [7, 11) is 2.13. The summed E-state index contributed by atoms with van der Waals surface area (Å²) in [5.41, 5.74) is 0.213. The number of carbonyl (C=O) groups is 1. The number of rotatable bonds is 6. The lowest BCUT2D eigenvalue weighted by Gasteiger charge is -2.28. The van der Waals surface area contributed by atoms with E-state index in [4.69, 9.17) is 4.74 Å². The third-order valence-electron chi connectivity index (χ3n) is 7.09. The van der Waals surface area contributed by atoms with Crippen LogP contribution in [0.1, 0.15) is 34.1 Å². The SMILES string of the molecule is CN1CCC(c2cc3nccc(Oc4ccc(NC(=O)c5nccn(-c6ccc(F)cc6)c5=O)cc4F)c3s2)CC1. The lowest BCUT2D eigenvalue weighted by atomic mass is 9.95. The quantitative estimate of drug-likeness (QED) is 0.269. The van der Waals surface area contributed by atoms with Crippen LogP contribution in [0.15, 0.2) is 78.0 Å². The highest BCUT2D eigenvalue weighted by Crippen LogP contribution is 2.40. The summed E-state index contributed by atoms with van der Waals surface area (Å²) in [6, 6.07) is 13.1. The van der Waals surface area contributed by atoms with E-state index in [-0.39, 0.29) is 11.4 Å². The molecule has 1 amide bonds. The fourth-order valence-electron chi connectivity index (χ4n) is 4.85. The summed E-state index contributed by atoms with van der Waals surface area (Å²) in [5.74, 6) is -0.993. The molecule has 1 aliphatic rings. The topological polar surface area (TPSA) is 89.3 Å². The number of aromatic nitrogens is 3. The Morgan fingerprint density at radius 2 is 1.78 bits per heavy atom. The summed E-state index contributed by atoms with van der Waals surface area (Å²) in [4.78, 5) is 37.7. The molecule has 4 heterocycles. The van der Waals surface area contributed by atoms with Crippen molar-refractivity contribution < 1.29 is 18.3 Å². The molecular formula is C30H25F2N5O3S. The van der Waals surface area contributed by atoms with Gasteiger partial charge in [-0.2, -0.15) is 0 Å². The average Bonchev–Trinajstić information content (AvgIpc) is 3.41. The molecule has 2 aromatic carbocycles. The summed E-state index contributed by atoms with van der Waals surface area (Å²) in [6.07, 6.45) is 6.47. The molecule has 0 spiro atoms. The van der Waals surface area contributed by atoms with Gasteiger partial charge in [-0.1, -0.05) is 0 Å². The third-order valence-corrected chi connectivity index (χ3v) is 8.39. The molecule has 5 aromatic rings. The molecule has 0 saturated carbocycles. The molecule has 1 aliphatic heterocycles. The molecule has 208 valence electrons. The van der Waals surface area contributed by atoms with E-state index in [0.717, 1.165) is 42.2 Å². The van der Waals surface area contributed by atoms with Gasteiger partial charge in [-0.15, -0.1) is 11.3 Å².